The minimum atomic E-state index is -1.38. The van der Waals surface area contributed by atoms with E-state index in [0.717, 1.165) is 0 Å². The Morgan fingerprint density at radius 3 is 2.13 bits per heavy atom. The van der Waals surface area contributed by atoms with Crippen LogP contribution in [0.1, 0.15) is 58.1 Å². The van der Waals surface area contributed by atoms with Crippen LogP contribution in [0.25, 0.3) is 0 Å². The van der Waals surface area contributed by atoms with E-state index in [4.69, 9.17) is 14.2 Å². The minimum absolute atomic E-state index is 0.0552. The molecule has 0 spiro atoms. The second-order valence-corrected chi connectivity index (χ2v) is 10.9. The molecule has 1 unspecified atom stereocenters. The maximum atomic E-state index is 13.3. The first-order chi connectivity index (χ1) is 21.9. The summed E-state index contributed by atoms with van der Waals surface area (Å²) in [6.07, 6.45) is -0.681. The number of carboxylic acids is 1. The highest BCUT2D eigenvalue weighted by Crippen LogP contribution is 2.13. The Bertz CT molecular complexity index is 1200. The highest BCUT2D eigenvalue weighted by Gasteiger charge is 2.32. The lowest BCUT2D eigenvalue weighted by molar-refractivity contribution is -0.185. The van der Waals surface area contributed by atoms with Crippen molar-refractivity contribution in [1.82, 2.24) is 26.6 Å². The fraction of sp³-hybridized carbons (Fsp3) is 0.567. The van der Waals surface area contributed by atoms with Crippen LogP contribution in [-0.2, 0) is 43.0 Å². The number of carboxylic acid groups (broad SMARTS) is 1. The SMILES string of the molecule is CCCC(NC(=O)[C@H](CC1OCCCO1)NC(=O)CNC(=O)OCC(C)C)C(=O)C(=O)NCC(=O)N[C@H](C(=O)O)c1ccccc1. The van der Waals surface area contributed by atoms with Crippen molar-refractivity contribution in [2.75, 3.05) is 32.9 Å². The number of ketones is 1. The second kappa shape index (κ2) is 19.7. The molecule has 6 N–H and O–H groups in total. The van der Waals surface area contributed by atoms with E-state index in [1.54, 1.807) is 25.1 Å². The molecule has 16 nitrogen and oxygen atoms in total. The van der Waals surface area contributed by atoms with Crippen molar-refractivity contribution in [3.63, 3.8) is 0 Å². The Balaban J connectivity index is 2.01. The van der Waals surface area contributed by atoms with Crippen LogP contribution in [0.15, 0.2) is 30.3 Å². The highest BCUT2D eigenvalue weighted by atomic mass is 16.7. The lowest BCUT2D eigenvalue weighted by Crippen LogP contribution is -2.56. The fourth-order valence-electron chi connectivity index (χ4n) is 4.17. The number of nitrogens with one attached hydrogen (secondary N) is 5. The predicted octanol–water partition coefficient (Wildman–Crippen LogP) is -0.0812. The summed E-state index contributed by atoms with van der Waals surface area (Å²) in [5, 5.41) is 21.2. The normalized spacial score (nSPS) is 15.0. The summed E-state index contributed by atoms with van der Waals surface area (Å²) in [6, 6.07) is 3.96. The Morgan fingerprint density at radius 1 is 0.891 bits per heavy atom. The molecule has 2 rings (SSSR count). The number of carbonyl (C=O) groups is 7. The van der Waals surface area contributed by atoms with Crippen LogP contribution in [0.5, 0.6) is 0 Å². The summed E-state index contributed by atoms with van der Waals surface area (Å²) in [4.78, 5) is 87.5. The van der Waals surface area contributed by atoms with Gasteiger partial charge in [-0.2, -0.15) is 0 Å². The van der Waals surface area contributed by atoms with E-state index < -0.39 is 79.0 Å². The first-order valence-electron chi connectivity index (χ1n) is 15.0. The van der Waals surface area contributed by atoms with E-state index in [2.05, 4.69) is 26.6 Å². The summed E-state index contributed by atoms with van der Waals surface area (Å²) < 4.78 is 16.0. The number of hydrogen-bond donors (Lipinski definition) is 6. The monoisotopic (exact) mass is 649 g/mol. The summed E-state index contributed by atoms with van der Waals surface area (Å²) >= 11 is 0. The van der Waals surface area contributed by atoms with Crippen LogP contribution in [0.2, 0.25) is 0 Å². The average molecular weight is 650 g/mol. The average Bonchev–Trinajstić information content (AvgIpc) is 3.03. The van der Waals surface area contributed by atoms with Gasteiger partial charge in [0.05, 0.1) is 32.4 Å². The van der Waals surface area contributed by atoms with Gasteiger partial charge in [-0.05, 0) is 24.3 Å². The largest absolute Gasteiger partial charge is 0.479 e. The zero-order valence-corrected chi connectivity index (χ0v) is 26.2. The van der Waals surface area contributed by atoms with Crippen LogP contribution >= 0.6 is 0 Å². The van der Waals surface area contributed by atoms with Gasteiger partial charge < -0.3 is 45.9 Å². The van der Waals surface area contributed by atoms with Gasteiger partial charge in [0.2, 0.25) is 23.5 Å². The second-order valence-electron chi connectivity index (χ2n) is 10.9. The van der Waals surface area contributed by atoms with Crippen molar-refractivity contribution < 1.29 is 52.9 Å². The molecule has 1 aromatic carbocycles. The van der Waals surface area contributed by atoms with E-state index in [-0.39, 0.29) is 25.4 Å². The molecule has 1 aromatic rings. The van der Waals surface area contributed by atoms with Gasteiger partial charge in [-0.15, -0.1) is 0 Å². The summed E-state index contributed by atoms with van der Waals surface area (Å²) in [5.41, 5.74) is 0.309. The van der Waals surface area contributed by atoms with Crippen LogP contribution in [0, 0.1) is 5.92 Å². The molecule has 46 heavy (non-hydrogen) atoms. The van der Waals surface area contributed by atoms with Crippen LogP contribution in [-0.4, -0.2) is 97.9 Å². The molecule has 254 valence electrons. The lowest BCUT2D eigenvalue weighted by Gasteiger charge is -2.28. The highest BCUT2D eigenvalue weighted by molar-refractivity contribution is 6.38. The molecule has 0 saturated carbocycles. The fourth-order valence-corrected chi connectivity index (χ4v) is 4.17. The first kappa shape index (κ1) is 37.6. The smallest absolute Gasteiger partial charge is 0.407 e. The molecule has 0 radical (unpaired) electrons. The maximum absolute atomic E-state index is 13.3. The molecule has 0 aromatic heterocycles. The van der Waals surface area contributed by atoms with Gasteiger partial charge in [0.15, 0.2) is 12.3 Å². The number of benzene rings is 1. The van der Waals surface area contributed by atoms with Gasteiger partial charge in [-0.3, -0.25) is 24.0 Å². The van der Waals surface area contributed by atoms with Gasteiger partial charge in [-0.1, -0.05) is 57.5 Å². The van der Waals surface area contributed by atoms with Crippen molar-refractivity contribution in [2.45, 2.75) is 70.9 Å². The van der Waals surface area contributed by atoms with Gasteiger partial charge >= 0.3 is 12.1 Å². The maximum Gasteiger partial charge on any atom is 0.407 e. The van der Waals surface area contributed by atoms with E-state index in [1.807, 2.05) is 13.8 Å². The van der Waals surface area contributed by atoms with Crippen LogP contribution in [0.3, 0.4) is 0 Å². The Kier molecular flexibility index (Phi) is 16.1. The molecule has 1 fully saturated rings. The third kappa shape index (κ3) is 13.6. The molecule has 1 saturated heterocycles. The molecule has 1 aliphatic rings. The van der Waals surface area contributed by atoms with E-state index in [1.165, 1.54) is 12.1 Å². The Labute approximate surface area is 266 Å². The molecule has 0 aliphatic carbocycles. The van der Waals surface area contributed by atoms with Gasteiger partial charge in [-0.25, -0.2) is 9.59 Å². The molecular formula is C30H43N5O11. The number of Topliss-reactive ketones (excluding diaryl/α,β-unsaturated/α-hetero) is 1. The zero-order chi connectivity index (χ0) is 34.1. The number of carbonyl (C=O) groups excluding carboxylic acids is 6. The summed E-state index contributed by atoms with van der Waals surface area (Å²) in [7, 11) is 0. The predicted molar refractivity (Wildman–Crippen MR) is 161 cm³/mol. The molecular weight excluding hydrogens is 606 g/mol. The standard InChI is InChI=1S/C30H43N5O11/c1-4-9-20(26(38)28(40)31-15-23(37)35-25(29(41)42)19-10-6-5-7-11-19)34-27(39)21(14-24-44-12-8-13-45-24)33-22(36)16-32-30(43)46-17-18(2)3/h5-7,10-11,18,20-21,24-25H,4,8-9,12-17H2,1-3H3,(H,31,40)(H,32,43)(H,33,36)(H,34,39)(H,35,37)(H,41,42)/t20?,21-,25-/m0/s1. The molecule has 16 heteroatoms. The quantitative estimate of drug-likeness (QED) is 0.115. The van der Waals surface area contributed by atoms with Crippen molar-refractivity contribution in [1.29, 1.82) is 0 Å². The zero-order valence-electron chi connectivity index (χ0n) is 26.2. The number of amides is 5. The summed E-state index contributed by atoms with van der Waals surface area (Å²) in [5.74, 6) is -5.85. The van der Waals surface area contributed by atoms with E-state index in [0.29, 0.717) is 31.6 Å². The van der Waals surface area contributed by atoms with E-state index >= 15 is 0 Å². The Morgan fingerprint density at radius 2 is 1.52 bits per heavy atom. The van der Waals surface area contributed by atoms with Crippen molar-refractivity contribution in [2.24, 2.45) is 5.92 Å². The number of alkyl carbamates (subject to hydrolysis) is 1. The van der Waals surface area contributed by atoms with Gasteiger partial charge in [0.25, 0.3) is 5.91 Å². The molecule has 1 heterocycles. The van der Waals surface area contributed by atoms with Gasteiger partial charge in [0.1, 0.15) is 12.6 Å². The molecule has 3 atom stereocenters. The van der Waals surface area contributed by atoms with Crippen molar-refractivity contribution >= 4 is 41.5 Å². The topological polar surface area (TPSA) is 228 Å². The number of aliphatic carboxylic acids is 1. The van der Waals surface area contributed by atoms with Crippen molar-refractivity contribution in [3.8, 4) is 0 Å². The molecule has 0 bridgehead atoms. The number of rotatable bonds is 18. The molecule has 1 aliphatic heterocycles. The minimum Gasteiger partial charge on any atom is -0.479 e. The van der Waals surface area contributed by atoms with Crippen LogP contribution in [0.4, 0.5) is 4.79 Å². The Hall–Kier alpha value is -4.57. The lowest BCUT2D eigenvalue weighted by atomic mass is 10.0. The third-order valence-electron chi connectivity index (χ3n) is 6.45. The van der Waals surface area contributed by atoms with Gasteiger partial charge in [0, 0.05) is 6.42 Å². The summed E-state index contributed by atoms with van der Waals surface area (Å²) in [6.45, 7) is 5.12. The first-order valence-corrected chi connectivity index (χ1v) is 15.0. The molecule has 5 amide bonds. The van der Waals surface area contributed by atoms with Crippen molar-refractivity contribution in [3.05, 3.63) is 35.9 Å². The number of ether oxygens (including phenoxy) is 3. The third-order valence-corrected chi connectivity index (χ3v) is 6.45. The van der Waals surface area contributed by atoms with Crippen LogP contribution < -0.4 is 26.6 Å². The number of hydrogen-bond acceptors (Lipinski definition) is 10. The van der Waals surface area contributed by atoms with E-state index in [9.17, 15) is 38.7 Å².